The fourth-order valence-electron chi connectivity index (χ4n) is 3.81. The summed E-state index contributed by atoms with van der Waals surface area (Å²) in [6, 6.07) is 19.0. The molecule has 7 heteroatoms. The fraction of sp³-hybridized carbons (Fsp3) is 0.148. The molecule has 0 saturated carbocycles. The summed E-state index contributed by atoms with van der Waals surface area (Å²) in [4.78, 5) is 6.12. The van der Waals surface area contributed by atoms with E-state index in [-0.39, 0.29) is 0 Å². The standard InChI is InChI=1S/C27H24N4S3/c1-4-14-31-25(23-17-32-19(3)24(23)20-8-6-5-7-9-20)29-30-27(31)34-16-22-15-33-26(28-22)21-12-10-18(2)11-13-21/h4-13,15,17H,1,14,16H2,2-3H3. The summed E-state index contributed by atoms with van der Waals surface area (Å²) in [7, 11) is 0. The molecule has 0 radical (unpaired) electrons. The molecule has 0 atom stereocenters. The number of thioether (sulfide) groups is 1. The van der Waals surface area contributed by atoms with E-state index in [4.69, 9.17) is 4.98 Å². The summed E-state index contributed by atoms with van der Waals surface area (Å²) in [5.74, 6) is 1.62. The van der Waals surface area contributed by atoms with Crippen LogP contribution in [0.3, 0.4) is 0 Å². The first-order valence-corrected chi connectivity index (χ1v) is 13.7. The van der Waals surface area contributed by atoms with Gasteiger partial charge >= 0.3 is 0 Å². The van der Waals surface area contributed by atoms with Crippen molar-refractivity contribution in [2.75, 3.05) is 0 Å². The molecule has 0 aliphatic rings. The summed E-state index contributed by atoms with van der Waals surface area (Å²) in [5, 5.41) is 15.4. The van der Waals surface area contributed by atoms with E-state index in [1.807, 2.05) is 12.1 Å². The molecule has 4 nitrogen and oxygen atoms in total. The lowest BCUT2D eigenvalue weighted by atomic mass is 10.0. The van der Waals surface area contributed by atoms with E-state index in [1.54, 1.807) is 34.4 Å². The summed E-state index contributed by atoms with van der Waals surface area (Å²) in [6.07, 6.45) is 1.90. The molecule has 0 spiro atoms. The Kier molecular flexibility index (Phi) is 6.76. The quantitative estimate of drug-likeness (QED) is 0.160. The molecule has 5 rings (SSSR count). The van der Waals surface area contributed by atoms with Crippen molar-refractivity contribution in [2.24, 2.45) is 0 Å². The van der Waals surface area contributed by atoms with Crippen LogP contribution in [0, 0.1) is 13.8 Å². The van der Waals surface area contributed by atoms with Gasteiger partial charge in [0.05, 0.1) is 5.69 Å². The molecule has 0 fully saturated rings. The van der Waals surface area contributed by atoms with Crippen molar-refractivity contribution in [3.05, 3.63) is 94.1 Å². The largest absolute Gasteiger partial charge is 0.298 e. The highest BCUT2D eigenvalue weighted by Crippen LogP contribution is 2.39. The number of thiophene rings is 1. The summed E-state index contributed by atoms with van der Waals surface area (Å²) >= 11 is 5.09. The Hall–Kier alpha value is -3.00. The number of hydrogen-bond donors (Lipinski definition) is 0. The Morgan fingerprint density at radius 3 is 2.50 bits per heavy atom. The van der Waals surface area contributed by atoms with Crippen LogP contribution in [0.1, 0.15) is 16.1 Å². The van der Waals surface area contributed by atoms with E-state index in [0.29, 0.717) is 6.54 Å². The number of rotatable bonds is 8. The third kappa shape index (κ3) is 4.64. The molecule has 3 aromatic heterocycles. The molecule has 0 saturated heterocycles. The molecule has 3 heterocycles. The van der Waals surface area contributed by atoms with Gasteiger partial charge in [0, 0.05) is 44.6 Å². The highest BCUT2D eigenvalue weighted by atomic mass is 32.2. The molecule has 34 heavy (non-hydrogen) atoms. The maximum absolute atomic E-state index is 4.84. The highest BCUT2D eigenvalue weighted by Gasteiger charge is 2.20. The van der Waals surface area contributed by atoms with Crippen molar-refractivity contribution in [1.82, 2.24) is 19.7 Å². The van der Waals surface area contributed by atoms with E-state index in [2.05, 4.69) is 94.5 Å². The SMILES string of the molecule is C=CCn1c(SCc2csc(-c3ccc(C)cc3)n2)nnc1-c1csc(C)c1-c1ccccc1. The van der Waals surface area contributed by atoms with Crippen LogP contribution in [0.2, 0.25) is 0 Å². The Labute approximate surface area is 212 Å². The number of aromatic nitrogens is 4. The van der Waals surface area contributed by atoms with Crippen molar-refractivity contribution in [2.45, 2.75) is 31.3 Å². The number of nitrogens with zero attached hydrogens (tertiary/aromatic N) is 4. The van der Waals surface area contributed by atoms with Crippen LogP contribution in [0.4, 0.5) is 0 Å². The first-order valence-electron chi connectivity index (χ1n) is 11.0. The first-order chi connectivity index (χ1) is 16.6. The van der Waals surface area contributed by atoms with Gasteiger partial charge in [-0.1, -0.05) is 78.0 Å². The Morgan fingerprint density at radius 1 is 0.941 bits per heavy atom. The zero-order valence-corrected chi connectivity index (χ0v) is 21.5. The zero-order valence-electron chi connectivity index (χ0n) is 19.1. The molecule has 0 aliphatic carbocycles. The molecule has 170 valence electrons. The van der Waals surface area contributed by atoms with Crippen LogP contribution in [0.15, 0.2) is 83.2 Å². The minimum absolute atomic E-state index is 0.652. The van der Waals surface area contributed by atoms with Crippen molar-refractivity contribution < 1.29 is 0 Å². The molecular formula is C27H24N4S3. The number of thiazole rings is 1. The third-order valence-corrected chi connectivity index (χ3v) is 8.36. The molecular weight excluding hydrogens is 477 g/mol. The van der Waals surface area contributed by atoms with Crippen LogP contribution in [0.25, 0.3) is 33.1 Å². The second-order valence-electron chi connectivity index (χ2n) is 7.95. The molecule has 0 bridgehead atoms. The lowest BCUT2D eigenvalue weighted by Crippen LogP contribution is -2.01. The second kappa shape index (κ2) is 10.1. The normalized spacial score (nSPS) is 11.1. The van der Waals surface area contributed by atoms with Crippen molar-refractivity contribution in [1.29, 1.82) is 0 Å². The summed E-state index contributed by atoms with van der Waals surface area (Å²) < 4.78 is 2.15. The van der Waals surface area contributed by atoms with E-state index >= 15 is 0 Å². The van der Waals surface area contributed by atoms with Gasteiger partial charge in [0.25, 0.3) is 0 Å². The first kappa shape index (κ1) is 22.8. The Balaban J connectivity index is 1.41. The van der Waals surface area contributed by atoms with E-state index in [1.165, 1.54) is 21.6 Å². The number of benzene rings is 2. The topological polar surface area (TPSA) is 43.6 Å². The molecule has 5 aromatic rings. The predicted octanol–water partition coefficient (Wildman–Crippen LogP) is 7.89. The van der Waals surface area contributed by atoms with Gasteiger partial charge in [-0.3, -0.25) is 4.57 Å². The van der Waals surface area contributed by atoms with Gasteiger partial charge in [-0.15, -0.1) is 39.4 Å². The molecule has 0 unspecified atom stereocenters. The van der Waals surface area contributed by atoms with Crippen molar-refractivity contribution in [3.8, 4) is 33.1 Å². The summed E-state index contributed by atoms with van der Waals surface area (Å²) in [5.41, 5.74) is 7.00. The van der Waals surface area contributed by atoms with Crippen LogP contribution >= 0.6 is 34.4 Å². The number of hydrogen-bond acceptors (Lipinski definition) is 6. The van der Waals surface area contributed by atoms with Gasteiger partial charge < -0.3 is 0 Å². The molecule has 0 aliphatic heterocycles. The number of allylic oxidation sites excluding steroid dienone is 1. The van der Waals surface area contributed by atoms with Crippen molar-refractivity contribution in [3.63, 3.8) is 0 Å². The second-order valence-corrected chi connectivity index (χ2v) is 10.8. The number of aryl methyl sites for hydroxylation is 2. The predicted molar refractivity (Wildman–Crippen MR) is 146 cm³/mol. The molecule has 0 N–H and O–H groups in total. The lowest BCUT2D eigenvalue weighted by Gasteiger charge is -2.09. The van der Waals surface area contributed by atoms with Crippen molar-refractivity contribution >= 4 is 34.4 Å². The monoisotopic (exact) mass is 500 g/mol. The average Bonchev–Trinajstić information content (AvgIpc) is 3.58. The van der Waals surface area contributed by atoms with Crippen LogP contribution in [0.5, 0.6) is 0 Å². The average molecular weight is 501 g/mol. The van der Waals surface area contributed by atoms with E-state index in [9.17, 15) is 0 Å². The van der Waals surface area contributed by atoms with Crippen LogP contribution < -0.4 is 0 Å². The van der Waals surface area contributed by atoms with Gasteiger partial charge in [-0.05, 0) is 19.4 Å². The maximum atomic E-state index is 4.84. The fourth-order valence-corrected chi connectivity index (χ4v) is 6.45. The third-order valence-electron chi connectivity index (χ3n) is 5.51. The van der Waals surface area contributed by atoms with Crippen LogP contribution in [-0.2, 0) is 12.3 Å². The maximum Gasteiger partial charge on any atom is 0.192 e. The lowest BCUT2D eigenvalue weighted by molar-refractivity contribution is 0.731. The van der Waals surface area contributed by atoms with Gasteiger partial charge in [0.15, 0.2) is 11.0 Å². The Morgan fingerprint density at radius 2 is 1.74 bits per heavy atom. The smallest absolute Gasteiger partial charge is 0.192 e. The van der Waals surface area contributed by atoms with E-state index < -0.39 is 0 Å². The van der Waals surface area contributed by atoms with Crippen LogP contribution in [-0.4, -0.2) is 19.7 Å². The zero-order chi connectivity index (χ0) is 23.5. The van der Waals surface area contributed by atoms with E-state index in [0.717, 1.165) is 38.6 Å². The van der Waals surface area contributed by atoms with Gasteiger partial charge in [0.1, 0.15) is 5.01 Å². The van der Waals surface area contributed by atoms with Gasteiger partial charge in [-0.2, -0.15) is 0 Å². The highest BCUT2D eigenvalue weighted by molar-refractivity contribution is 7.98. The van der Waals surface area contributed by atoms with Gasteiger partial charge in [-0.25, -0.2) is 4.98 Å². The molecule has 0 amide bonds. The molecule has 2 aromatic carbocycles. The minimum Gasteiger partial charge on any atom is -0.298 e. The minimum atomic E-state index is 0.652. The summed E-state index contributed by atoms with van der Waals surface area (Å²) in [6.45, 7) is 8.88. The van der Waals surface area contributed by atoms with Gasteiger partial charge in [0.2, 0.25) is 0 Å². The Bertz CT molecular complexity index is 1410.